The number of carbonyl (C=O) groups excluding carboxylic acids is 3. The smallest absolute Gasteiger partial charge is 0.253 e. The van der Waals surface area contributed by atoms with E-state index in [0.717, 1.165) is 38.5 Å². The van der Waals surface area contributed by atoms with Gasteiger partial charge >= 0.3 is 0 Å². The highest BCUT2D eigenvalue weighted by atomic mass is 31.0. The van der Waals surface area contributed by atoms with Gasteiger partial charge < -0.3 is 5.73 Å². The molecular formula is C33H58NO3P. The number of ketones is 2. The number of amides is 1. The molecule has 1 aromatic rings. The predicted octanol–water partition coefficient (Wildman–Crippen LogP) is 10.6. The number of rotatable bonds is 27. The van der Waals surface area contributed by atoms with Crippen LogP contribution in [0.4, 0.5) is 0 Å². The molecule has 1 heterocycles. The fourth-order valence-electron chi connectivity index (χ4n) is 5.29. The van der Waals surface area contributed by atoms with Gasteiger partial charge in [0, 0.05) is 24.0 Å². The van der Waals surface area contributed by atoms with Gasteiger partial charge in [0.2, 0.25) is 0 Å². The van der Waals surface area contributed by atoms with Crippen molar-refractivity contribution in [3.63, 3.8) is 0 Å². The first kappa shape index (κ1) is 34.6. The van der Waals surface area contributed by atoms with Gasteiger partial charge in [0.25, 0.3) is 5.91 Å². The molecule has 38 heavy (non-hydrogen) atoms. The largest absolute Gasteiger partial charge is 0.365 e. The van der Waals surface area contributed by atoms with Gasteiger partial charge in [0.15, 0.2) is 11.6 Å². The van der Waals surface area contributed by atoms with Crippen LogP contribution in [-0.2, 0) is 0 Å². The number of nitrogens with two attached hydrogens (primary N) is 1. The highest BCUT2D eigenvalue weighted by Crippen LogP contribution is 2.30. The summed E-state index contributed by atoms with van der Waals surface area (Å²) < 4.78 is 0. The van der Waals surface area contributed by atoms with Crippen LogP contribution < -0.4 is 5.73 Å². The van der Waals surface area contributed by atoms with E-state index in [1.165, 1.54) is 103 Å². The summed E-state index contributed by atoms with van der Waals surface area (Å²) in [6.07, 6.45) is 28.0. The number of carbonyl (C=O) groups is 3. The van der Waals surface area contributed by atoms with Crippen molar-refractivity contribution in [2.45, 2.75) is 168 Å². The Morgan fingerprint density at radius 2 is 0.895 bits per heavy atom. The summed E-state index contributed by atoms with van der Waals surface area (Å²) in [5.41, 5.74) is 6.39. The summed E-state index contributed by atoms with van der Waals surface area (Å²) in [4.78, 5) is 38.0. The molecule has 0 fully saturated rings. The minimum Gasteiger partial charge on any atom is -0.365 e. The van der Waals surface area contributed by atoms with E-state index in [2.05, 4.69) is 13.8 Å². The molecule has 218 valence electrons. The van der Waals surface area contributed by atoms with Crippen molar-refractivity contribution in [1.82, 2.24) is 0 Å². The van der Waals surface area contributed by atoms with E-state index in [0.29, 0.717) is 29.3 Å². The standard InChI is InChI=1S/C33H58NO3P/c1-3-5-7-9-11-13-15-17-19-21-23-25-29(35)28-27-38-32(33(34)37)31(28)30(36)26-24-22-20-18-16-14-12-10-8-6-4-2/h27,38H,3-26H2,1-2H3,(H2,34,37). The first-order valence-corrected chi connectivity index (χ1v) is 17.2. The molecule has 0 radical (unpaired) electrons. The molecule has 1 amide bonds. The van der Waals surface area contributed by atoms with Gasteiger partial charge in [-0.05, 0) is 18.6 Å². The SMILES string of the molecule is CCCCCCCCCCCCCC(=O)c1c[pH]c(C(N)=O)c1C(=O)CCCCCCCCCCCCC. The van der Waals surface area contributed by atoms with Crippen molar-refractivity contribution in [3.05, 3.63) is 22.2 Å². The number of unbranched alkanes of at least 4 members (excludes halogenated alkanes) is 20. The topological polar surface area (TPSA) is 77.2 Å². The molecule has 0 aromatic carbocycles. The predicted molar refractivity (Wildman–Crippen MR) is 165 cm³/mol. The van der Waals surface area contributed by atoms with Crippen molar-refractivity contribution in [2.24, 2.45) is 5.73 Å². The lowest BCUT2D eigenvalue weighted by atomic mass is 9.96. The molecule has 5 heteroatoms. The number of hydrogen-bond donors (Lipinski definition) is 1. The first-order valence-electron chi connectivity index (χ1n) is 16.1. The van der Waals surface area contributed by atoms with Crippen molar-refractivity contribution in [1.29, 1.82) is 0 Å². The second kappa shape index (κ2) is 23.5. The Labute approximate surface area is 235 Å². The maximum atomic E-state index is 13.0. The maximum absolute atomic E-state index is 13.0. The highest BCUT2D eigenvalue weighted by Gasteiger charge is 2.24. The van der Waals surface area contributed by atoms with Crippen LogP contribution in [0.1, 0.15) is 199 Å². The molecule has 0 saturated heterocycles. The third-order valence-electron chi connectivity index (χ3n) is 7.72. The number of Topliss-reactive ketones (excluding diaryl/α,β-unsaturated/α-hetero) is 2. The van der Waals surface area contributed by atoms with Gasteiger partial charge in [-0.2, -0.15) is 0 Å². The third-order valence-corrected chi connectivity index (χ3v) is 8.94. The van der Waals surface area contributed by atoms with Gasteiger partial charge in [0.1, 0.15) is 0 Å². The monoisotopic (exact) mass is 547 g/mol. The highest BCUT2D eigenvalue weighted by molar-refractivity contribution is 7.32. The van der Waals surface area contributed by atoms with Crippen molar-refractivity contribution < 1.29 is 14.4 Å². The van der Waals surface area contributed by atoms with Crippen LogP contribution in [0.5, 0.6) is 0 Å². The second-order valence-corrected chi connectivity index (χ2v) is 12.3. The Bertz CT molecular complexity index is 770. The normalized spacial score (nSPS) is 11.4. The van der Waals surface area contributed by atoms with Crippen LogP contribution in [0.3, 0.4) is 0 Å². The summed E-state index contributed by atoms with van der Waals surface area (Å²) in [7, 11) is 0.0366. The zero-order chi connectivity index (χ0) is 27.8. The van der Waals surface area contributed by atoms with Crippen LogP contribution in [0, 0.1) is 0 Å². The summed E-state index contributed by atoms with van der Waals surface area (Å²) in [6, 6.07) is 0. The van der Waals surface area contributed by atoms with E-state index >= 15 is 0 Å². The Kier molecular flexibility index (Phi) is 21.4. The summed E-state index contributed by atoms with van der Waals surface area (Å²) in [5.74, 6) is 1.17. The average molecular weight is 548 g/mol. The molecule has 0 spiro atoms. The number of hydrogen-bond acceptors (Lipinski definition) is 3. The summed E-state index contributed by atoms with van der Waals surface area (Å²) >= 11 is 0. The van der Waals surface area contributed by atoms with Crippen LogP contribution in [0.2, 0.25) is 0 Å². The molecule has 0 aliphatic rings. The Morgan fingerprint density at radius 3 is 1.26 bits per heavy atom. The molecule has 1 unspecified atom stereocenters. The molecule has 1 atom stereocenters. The van der Waals surface area contributed by atoms with E-state index in [-0.39, 0.29) is 19.8 Å². The van der Waals surface area contributed by atoms with Gasteiger partial charge in [-0.1, -0.05) is 142 Å². The Hall–Kier alpha value is -1.41. The second-order valence-electron chi connectivity index (χ2n) is 11.2. The van der Waals surface area contributed by atoms with Gasteiger partial charge in [-0.3, -0.25) is 14.4 Å². The van der Waals surface area contributed by atoms with E-state index in [1.54, 1.807) is 5.80 Å². The molecular weight excluding hydrogens is 489 g/mol. The fraction of sp³-hybridized carbons (Fsp3) is 0.788. The van der Waals surface area contributed by atoms with Crippen molar-refractivity contribution in [3.8, 4) is 0 Å². The minimum atomic E-state index is -0.556. The van der Waals surface area contributed by atoms with Gasteiger partial charge in [-0.25, -0.2) is 0 Å². The number of primary amides is 1. The van der Waals surface area contributed by atoms with E-state index in [1.807, 2.05) is 0 Å². The lowest BCUT2D eigenvalue weighted by Gasteiger charge is -2.07. The molecule has 0 bridgehead atoms. The minimum absolute atomic E-state index is 0.00645. The van der Waals surface area contributed by atoms with Gasteiger partial charge in [-0.15, -0.1) is 8.19 Å². The molecule has 4 nitrogen and oxygen atoms in total. The first-order chi connectivity index (χ1) is 18.5. The van der Waals surface area contributed by atoms with Crippen LogP contribution in [0.15, 0.2) is 5.80 Å². The van der Waals surface area contributed by atoms with Crippen molar-refractivity contribution >= 4 is 25.7 Å². The molecule has 0 saturated carbocycles. The van der Waals surface area contributed by atoms with Gasteiger partial charge in [0.05, 0.1) is 5.30 Å². The zero-order valence-corrected chi connectivity index (χ0v) is 25.9. The molecule has 0 aliphatic carbocycles. The maximum Gasteiger partial charge on any atom is 0.253 e. The van der Waals surface area contributed by atoms with Crippen LogP contribution >= 0.6 is 8.19 Å². The summed E-state index contributed by atoms with van der Waals surface area (Å²) in [6.45, 7) is 4.50. The lowest BCUT2D eigenvalue weighted by Crippen LogP contribution is -2.16. The fourth-order valence-corrected chi connectivity index (χ4v) is 6.44. The van der Waals surface area contributed by atoms with E-state index in [4.69, 9.17) is 5.73 Å². The van der Waals surface area contributed by atoms with E-state index < -0.39 is 5.91 Å². The van der Waals surface area contributed by atoms with Crippen molar-refractivity contribution in [2.75, 3.05) is 0 Å². The third kappa shape index (κ3) is 15.9. The molecule has 0 aliphatic heterocycles. The van der Waals surface area contributed by atoms with E-state index in [9.17, 15) is 14.4 Å². The molecule has 1 rings (SSSR count). The Morgan fingerprint density at radius 1 is 0.553 bits per heavy atom. The molecule has 2 N–H and O–H groups in total. The summed E-state index contributed by atoms with van der Waals surface area (Å²) in [5, 5.41) is 0.361. The van der Waals surface area contributed by atoms with Crippen LogP contribution in [0.25, 0.3) is 0 Å². The van der Waals surface area contributed by atoms with Crippen LogP contribution in [-0.4, -0.2) is 17.5 Å². The average Bonchev–Trinajstić information content (AvgIpc) is 3.36. The zero-order valence-electron chi connectivity index (χ0n) is 24.9. The quantitative estimate of drug-likeness (QED) is 0.0879. The Balaban J connectivity index is 2.31. The lowest BCUT2D eigenvalue weighted by molar-refractivity contribution is 0.0939. The molecule has 1 aromatic heterocycles.